The van der Waals surface area contributed by atoms with Crippen molar-refractivity contribution in [1.82, 2.24) is 5.32 Å². The summed E-state index contributed by atoms with van der Waals surface area (Å²) in [6, 6.07) is 20.9. The monoisotopic (exact) mass is 415 g/mol. The maximum Gasteiger partial charge on any atom is 0.407 e. The Bertz CT molecular complexity index is 1070. The maximum atomic E-state index is 12.5. The van der Waals surface area contributed by atoms with Gasteiger partial charge in [-0.3, -0.25) is 0 Å². The first-order valence-corrected chi connectivity index (χ1v) is 10.3. The highest BCUT2D eigenvalue weighted by Crippen LogP contribution is 2.44. The zero-order chi connectivity index (χ0) is 22.0. The molecule has 1 aliphatic rings. The van der Waals surface area contributed by atoms with E-state index in [1.165, 1.54) is 0 Å². The molecule has 1 unspecified atom stereocenters. The van der Waals surface area contributed by atoms with Crippen molar-refractivity contribution in [2.75, 3.05) is 6.61 Å². The van der Waals surface area contributed by atoms with Crippen molar-refractivity contribution in [2.24, 2.45) is 0 Å². The van der Waals surface area contributed by atoms with Crippen molar-refractivity contribution in [2.45, 2.75) is 32.2 Å². The van der Waals surface area contributed by atoms with Gasteiger partial charge in [0.25, 0.3) is 0 Å². The van der Waals surface area contributed by atoms with Crippen molar-refractivity contribution >= 4 is 12.1 Å². The molecule has 0 radical (unpaired) electrons. The Labute approximate surface area is 181 Å². The molecule has 4 rings (SSSR count). The number of hydrogen-bond acceptors (Lipinski definition) is 3. The van der Waals surface area contributed by atoms with Crippen molar-refractivity contribution < 1.29 is 19.4 Å². The molecule has 0 heterocycles. The van der Waals surface area contributed by atoms with Gasteiger partial charge in [0.05, 0.1) is 0 Å². The van der Waals surface area contributed by atoms with Crippen LogP contribution in [-0.4, -0.2) is 29.8 Å². The topological polar surface area (TPSA) is 75.6 Å². The minimum absolute atomic E-state index is 0.0694. The van der Waals surface area contributed by atoms with Crippen LogP contribution in [0.2, 0.25) is 0 Å². The minimum Gasteiger partial charge on any atom is -0.480 e. The second-order valence-electron chi connectivity index (χ2n) is 7.94. The van der Waals surface area contributed by atoms with Crippen molar-refractivity contribution in [3.05, 3.63) is 94.5 Å². The lowest BCUT2D eigenvalue weighted by Gasteiger charge is -2.19. The summed E-state index contributed by atoms with van der Waals surface area (Å²) >= 11 is 0. The van der Waals surface area contributed by atoms with Gasteiger partial charge in [-0.15, -0.1) is 0 Å². The molecule has 0 saturated carbocycles. The van der Waals surface area contributed by atoms with Crippen LogP contribution < -0.4 is 5.32 Å². The molecule has 31 heavy (non-hydrogen) atoms. The van der Waals surface area contributed by atoms with Gasteiger partial charge in [-0.25, -0.2) is 9.59 Å². The fourth-order valence-corrected chi connectivity index (χ4v) is 4.36. The van der Waals surface area contributed by atoms with Crippen LogP contribution in [0.25, 0.3) is 11.1 Å². The van der Waals surface area contributed by atoms with Gasteiger partial charge in [0.2, 0.25) is 0 Å². The molecule has 5 heteroatoms. The number of carbonyl (C=O) groups excluding carboxylic acids is 1. The van der Waals surface area contributed by atoms with Gasteiger partial charge in [0.1, 0.15) is 12.6 Å². The molecule has 5 nitrogen and oxygen atoms in total. The van der Waals surface area contributed by atoms with Gasteiger partial charge in [-0.05, 0) is 52.8 Å². The third-order valence-corrected chi connectivity index (χ3v) is 5.99. The Morgan fingerprint density at radius 1 is 0.903 bits per heavy atom. The molecular formula is C26H25NO4. The molecule has 0 aromatic heterocycles. The first-order valence-electron chi connectivity index (χ1n) is 10.3. The molecule has 0 bridgehead atoms. The average molecular weight is 415 g/mol. The van der Waals surface area contributed by atoms with E-state index in [0.29, 0.717) is 0 Å². The van der Waals surface area contributed by atoms with E-state index in [0.717, 1.165) is 38.9 Å². The molecule has 1 amide bonds. The van der Waals surface area contributed by atoms with E-state index in [1.807, 2.05) is 68.4 Å². The first kappa shape index (κ1) is 20.7. The smallest absolute Gasteiger partial charge is 0.407 e. The van der Waals surface area contributed by atoms with Crippen LogP contribution in [0.4, 0.5) is 4.79 Å². The van der Waals surface area contributed by atoms with Gasteiger partial charge in [-0.1, -0.05) is 66.7 Å². The molecular weight excluding hydrogens is 390 g/mol. The second-order valence-corrected chi connectivity index (χ2v) is 7.94. The van der Waals surface area contributed by atoms with E-state index in [1.54, 1.807) is 0 Å². The zero-order valence-corrected chi connectivity index (χ0v) is 17.6. The van der Waals surface area contributed by atoms with E-state index >= 15 is 0 Å². The number of carbonyl (C=O) groups is 2. The highest BCUT2D eigenvalue weighted by molar-refractivity contribution is 5.81. The summed E-state index contributed by atoms with van der Waals surface area (Å²) in [6.45, 7) is 4.03. The predicted molar refractivity (Wildman–Crippen MR) is 119 cm³/mol. The summed E-state index contributed by atoms with van der Waals surface area (Å²) < 4.78 is 5.51. The maximum absolute atomic E-state index is 12.5. The van der Waals surface area contributed by atoms with E-state index < -0.39 is 18.1 Å². The number of benzene rings is 3. The SMILES string of the molecule is Cc1cccc(C)c1CC(NC(=O)OCC1c2ccccc2-c2ccccc21)C(=O)O. The number of ether oxygens (including phenoxy) is 1. The van der Waals surface area contributed by atoms with Gasteiger partial charge in [0, 0.05) is 12.3 Å². The number of rotatable bonds is 6. The molecule has 3 aromatic rings. The number of alkyl carbamates (subject to hydrolysis) is 1. The molecule has 0 fully saturated rings. The lowest BCUT2D eigenvalue weighted by molar-refractivity contribution is -0.139. The number of aryl methyl sites for hydroxylation is 2. The predicted octanol–water partition coefficient (Wildman–Crippen LogP) is 4.84. The zero-order valence-electron chi connectivity index (χ0n) is 17.6. The van der Waals surface area contributed by atoms with Crippen LogP contribution >= 0.6 is 0 Å². The van der Waals surface area contributed by atoms with E-state index in [9.17, 15) is 14.7 Å². The molecule has 2 N–H and O–H groups in total. The number of nitrogens with one attached hydrogen (secondary N) is 1. The van der Waals surface area contributed by atoms with Crippen LogP contribution in [0.1, 0.15) is 33.7 Å². The lowest BCUT2D eigenvalue weighted by atomic mass is 9.96. The van der Waals surface area contributed by atoms with E-state index in [-0.39, 0.29) is 18.9 Å². The molecule has 3 aromatic carbocycles. The average Bonchev–Trinajstić information content (AvgIpc) is 3.08. The largest absolute Gasteiger partial charge is 0.480 e. The molecule has 1 atom stereocenters. The number of amides is 1. The van der Waals surface area contributed by atoms with Gasteiger partial charge in [0.15, 0.2) is 0 Å². The Morgan fingerprint density at radius 3 is 2.00 bits per heavy atom. The van der Waals surface area contributed by atoms with Gasteiger partial charge < -0.3 is 15.2 Å². The van der Waals surface area contributed by atoms with Gasteiger partial charge >= 0.3 is 12.1 Å². The summed E-state index contributed by atoms with van der Waals surface area (Å²) in [5.74, 6) is -1.16. The molecule has 158 valence electrons. The van der Waals surface area contributed by atoms with Crippen molar-refractivity contribution in [1.29, 1.82) is 0 Å². The highest BCUT2D eigenvalue weighted by Gasteiger charge is 2.30. The number of hydrogen-bond donors (Lipinski definition) is 2. The number of carboxylic acid groups (broad SMARTS) is 1. The van der Waals surface area contributed by atoms with Crippen LogP contribution in [-0.2, 0) is 16.0 Å². The fourth-order valence-electron chi connectivity index (χ4n) is 4.36. The number of carboxylic acids is 1. The first-order chi connectivity index (χ1) is 15.0. The van der Waals surface area contributed by atoms with Crippen molar-refractivity contribution in [3.63, 3.8) is 0 Å². The highest BCUT2D eigenvalue weighted by atomic mass is 16.5. The Balaban J connectivity index is 1.45. The van der Waals surface area contributed by atoms with Crippen molar-refractivity contribution in [3.8, 4) is 11.1 Å². The second kappa shape index (κ2) is 8.64. The Kier molecular flexibility index (Phi) is 5.76. The quantitative estimate of drug-likeness (QED) is 0.604. The van der Waals surface area contributed by atoms with E-state index in [4.69, 9.17) is 4.74 Å². The van der Waals surface area contributed by atoms with Crippen LogP contribution in [0.5, 0.6) is 0 Å². The number of aliphatic carboxylic acids is 1. The Hall–Kier alpha value is -3.60. The van der Waals surface area contributed by atoms with Crippen LogP contribution in [0.15, 0.2) is 66.7 Å². The normalized spacial score (nSPS) is 13.2. The Morgan fingerprint density at radius 2 is 1.45 bits per heavy atom. The van der Waals surface area contributed by atoms with E-state index in [2.05, 4.69) is 17.4 Å². The minimum atomic E-state index is -1.09. The summed E-state index contributed by atoms with van der Waals surface area (Å²) in [4.78, 5) is 24.3. The third-order valence-electron chi connectivity index (χ3n) is 5.99. The standard InChI is InChI=1S/C26H25NO4/c1-16-8-7-9-17(2)22(16)14-24(25(28)29)27-26(30)31-15-23-20-12-5-3-10-18(20)19-11-4-6-13-21(19)23/h3-13,23-24H,14-15H2,1-2H3,(H,27,30)(H,28,29). The molecule has 0 saturated heterocycles. The molecule has 0 aliphatic heterocycles. The fraction of sp³-hybridized carbons (Fsp3) is 0.231. The summed E-state index contributed by atoms with van der Waals surface area (Å²) in [5.41, 5.74) is 7.44. The molecule has 1 aliphatic carbocycles. The number of fused-ring (bicyclic) bond motifs is 3. The third kappa shape index (κ3) is 4.17. The molecule has 0 spiro atoms. The van der Waals surface area contributed by atoms with Crippen LogP contribution in [0, 0.1) is 13.8 Å². The summed E-state index contributed by atoms with van der Waals surface area (Å²) in [6.07, 6.45) is -0.515. The lowest BCUT2D eigenvalue weighted by Crippen LogP contribution is -2.43. The summed E-state index contributed by atoms with van der Waals surface area (Å²) in [7, 11) is 0. The van der Waals surface area contributed by atoms with Crippen LogP contribution in [0.3, 0.4) is 0 Å². The van der Waals surface area contributed by atoms with Gasteiger partial charge in [-0.2, -0.15) is 0 Å². The summed E-state index contributed by atoms with van der Waals surface area (Å²) in [5, 5.41) is 12.2.